The molecule has 0 atom stereocenters. The summed E-state index contributed by atoms with van der Waals surface area (Å²) in [6, 6.07) is 9.38. The van der Waals surface area contributed by atoms with Crippen molar-refractivity contribution in [1.29, 1.82) is 0 Å². The number of nitrogens with zero attached hydrogens (tertiary/aromatic N) is 3. The van der Waals surface area contributed by atoms with E-state index in [-0.39, 0.29) is 5.41 Å². The van der Waals surface area contributed by atoms with Gasteiger partial charge in [0.15, 0.2) is 5.65 Å². The first-order valence-electron chi connectivity index (χ1n) is 7.85. The summed E-state index contributed by atoms with van der Waals surface area (Å²) in [4.78, 5) is 0. The van der Waals surface area contributed by atoms with Gasteiger partial charge >= 0.3 is 0 Å². The van der Waals surface area contributed by atoms with E-state index < -0.39 is 5.60 Å². The van der Waals surface area contributed by atoms with Gasteiger partial charge in [-0.05, 0) is 50.5 Å². The zero-order valence-corrected chi connectivity index (χ0v) is 14.9. The number of hydrogen-bond donors (Lipinski definition) is 1. The van der Waals surface area contributed by atoms with E-state index in [0.717, 1.165) is 29.8 Å². The predicted molar refractivity (Wildman–Crippen MR) is 94.7 cm³/mol. The summed E-state index contributed by atoms with van der Waals surface area (Å²) in [7, 11) is 0. The molecule has 4 rings (SSSR count). The lowest BCUT2D eigenvalue weighted by atomic mass is 9.94. The fourth-order valence-corrected chi connectivity index (χ4v) is 3.93. The predicted octanol–water partition coefficient (Wildman–Crippen LogP) is 4.34. The van der Waals surface area contributed by atoms with Gasteiger partial charge < -0.3 is 5.11 Å². The maximum atomic E-state index is 10.4. The van der Waals surface area contributed by atoms with Crippen LogP contribution < -0.4 is 0 Å². The van der Waals surface area contributed by atoms with Gasteiger partial charge in [-0.25, -0.2) is 0 Å². The summed E-state index contributed by atoms with van der Waals surface area (Å²) in [5.74, 6) is 0.854. The van der Waals surface area contributed by atoms with E-state index in [2.05, 4.69) is 10.2 Å². The molecule has 3 aromatic rings. The zero-order chi connectivity index (χ0) is 17.1. The molecule has 1 N–H and O–H groups in total. The van der Waals surface area contributed by atoms with Crippen LogP contribution in [0.5, 0.6) is 0 Å². The highest BCUT2D eigenvalue weighted by atomic mass is 35.5. The molecule has 0 unspecified atom stereocenters. The Hall–Kier alpha value is -1.62. The lowest BCUT2D eigenvalue weighted by Gasteiger charge is -2.19. The van der Waals surface area contributed by atoms with Crippen molar-refractivity contribution in [2.45, 2.75) is 37.7 Å². The molecule has 124 valence electrons. The van der Waals surface area contributed by atoms with Crippen molar-refractivity contribution in [3.8, 4) is 0 Å². The molecule has 1 aromatic carbocycles. The van der Waals surface area contributed by atoms with E-state index in [1.54, 1.807) is 19.9 Å². The Morgan fingerprint density at radius 3 is 2.54 bits per heavy atom. The van der Waals surface area contributed by atoms with E-state index in [9.17, 15) is 5.11 Å². The van der Waals surface area contributed by atoms with Crippen LogP contribution in [-0.2, 0) is 11.0 Å². The summed E-state index contributed by atoms with van der Waals surface area (Å²) in [6.45, 7) is 3.50. The summed E-state index contributed by atoms with van der Waals surface area (Å²) in [6.07, 6.45) is 3.85. The number of halogens is 2. The molecule has 2 heterocycles. The summed E-state index contributed by atoms with van der Waals surface area (Å²) in [5, 5.41) is 20.5. The first-order valence-corrected chi connectivity index (χ1v) is 8.61. The number of aliphatic hydroxyl groups is 1. The molecule has 0 radical (unpaired) electrons. The third-order valence-electron chi connectivity index (χ3n) is 4.72. The molecule has 0 bridgehead atoms. The van der Waals surface area contributed by atoms with Gasteiger partial charge in [0, 0.05) is 21.8 Å². The highest BCUT2D eigenvalue weighted by molar-refractivity contribution is 6.35. The van der Waals surface area contributed by atoms with E-state index >= 15 is 0 Å². The third kappa shape index (κ3) is 2.32. The minimum Gasteiger partial charge on any atom is -0.386 e. The lowest BCUT2D eigenvalue weighted by molar-refractivity contribution is 0.0796. The molecule has 0 aliphatic heterocycles. The molecule has 1 saturated carbocycles. The van der Waals surface area contributed by atoms with Crippen LogP contribution in [0.4, 0.5) is 0 Å². The minimum absolute atomic E-state index is 0.237. The minimum atomic E-state index is -0.985. The van der Waals surface area contributed by atoms with Gasteiger partial charge in [-0.3, -0.25) is 4.40 Å². The van der Waals surface area contributed by atoms with Crippen LogP contribution in [0, 0.1) is 0 Å². The van der Waals surface area contributed by atoms with Gasteiger partial charge in [-0.2, -0.15) is 0 Å². The molecule has 6 heteroatoms. The van der Waals surface area contributed by atoms with Gasteiger partial charge in [-0.1, -0.05) is 35.3 Å². The Bertz CT molecular complexity index is 939. The maximum Gasteiger partial charge on any atom is 0.166 e. The van der Waals surface area contributed by atoms with Gasteiger partial charge in [0.25, 0.3) is 0 Å². The fraction of sp³-hybridized carbons (Fsp3) is 0.333. The maximum absolute atomic E-state index is 10.4. The van der Waals surface area contributed by atoms with Gasteiger partial charge in [0.1, 0.15) is 5.82 Å². The van der Waals surface area contributed by atoms with Crippen LogP contribution in [0.1, 0.15) is 43.6 Å². The second-order valence-electron chi connectivity index (χ2n) is 6.90. The van der Waals surface area contributed by atoms with Crippen LogP contribution in [0.15, 0.2) is 36.5 Å². The molecular weight excluding hydrogens is 345 g/mol. The van der Waals surface area contributed by atoms with E-state index in [0.29, 0.717) is 15.7 Å². The normalized spacial score (nSPS) is 16.5. The Labute approximate surface area is 150 Å². The second-order valence-corrected chi connectivity index (χ2v) is 7.75. The van der Waals surface area contributed by atoms with Crippen molar-refractivity contribution in [3.63, 3.8) is 0 Å². The highest BCUT2D eigenvalue weighted by Crippen LogP contribution is 2.55. The number of rotatable bonds is 3. The van der Waals surface area contributed by atoms with Crippen molar-refractivity contribution in [2.75, 3.05) is 0 Å². The zero-order valence-electron chi connectivity index (χ0n) is 13.4. The molecule has 1 fully saturated rings. The smallest absolute Gasteiger partial charge is 0.166 e. The van der Waals surface area contributed by atoms with Crippen molar-refractivity contribution < 1.29 is 5.11 Å². The largest absolute Gasteiger partial charge is 0.386 e. The van der Waals surface area contributed by atoms with Crippen molar-refractivity contribution in [3.05, 3.63) is 63.5 Å². The monoisotopic (exact) mass is 361 g/mol. The van der Waals surface area contributed by atoms with Gasteiger partial charge in [0.05, 0.1) is 11.0 Å². The van der Waals surface area contributed by atoms with Crippen LogP contribution in [-0.4, -0.2) is 19.7 Å². The number of hydrogen-bond acceptors (Lipinski definition) is 3. The Morgan fingerprint density at radius 1 is 1.17 bits per heavy atom. The third-order valence-corrected chi connectivity index (χ3v) is 5.27. The van der Waals surface area contributed by atoms with Gasteiger partial charge in [-0.15, -0.1) is 10.2 Å². The Balaban J connectivity index is 1.91. The second kappa shape index (κ2) is 5.19. The van der Waals surface area contributed by atoms with E-state index in [1.165, 1.54) is 0 Å². The molecule has 1 aliphatic carbocycles. The van der Waals surface area contributed by atoms with Crippen LogP contribution in [0.3, 0.4) is 0 Å². The standard InChI is InChI=1S/C18H17Cl2N3O/c1-17(2,24)13-4-3-9-23-15(13)21-22-16(23)18(7-8-18)12-6-5-11(19)10-14(12)20/h3-6,9-10,24H,7-8H2,1-2H3. The molecule has 4 nitrogen and oxygen atoms in total. The number of fused-ring (bicyclic) bond motifs is 1. The topological polar surface area (TPSA) is 50.4 Å². The van der Waals surface area contributed by atoms with Crippen LogP contribution >= 0.6 is 23.2 Å². The summed E-state index contributed by atoms with van der Waals surface area (Å²) < 4.78 is 1.96. The summed E-state index contributed by atoms with van der Waals surface area (Å²) >= 11 is 12.5. The average Bonchev–Trinajstić information content (AvgIpc) is 3.17. The van der Waals surface area contributed by atoms with Crippen molar-refractivity contribution >= 4 is 28.8 Å². The van der Waals surface area contributed by atoms with Crippen molar-refractivity contribution in [1.82, 2.24) is 14.6 Å². The van der Waals surface area contributed by atoms with Crippen LogP contribution in [0.2, 0.25) is 10.0 Å². The molecular formula is C18H17Cl2N3O. The molecule has 2 aromatic heterocycles. The molecule has 0 spiro atoms. The molecule has 0 amide bonds. The lowest BCUT2D eigenvalue weighted by Crippen LogP contribution is -2.18. The Morgan fingerprint density at radius 2 is 1.92 bits per heavy atom. The fourth-order valence-electron chi connectivity index (χ4n) is 3.34. The number of pyridine rings is 1. The average molecular weight is 362 g/mol. The van der Waals surface area contributed by atoms with Crippen LogP contribution in [0.25, 0.3) is 5.65 Å². The van der Waals surface area contributed by atoms with Gasteiger partial charge in [0.2, 0.25) is 0 Å². The molecule has 1 aliphatic rings. The SMILES string of the molecule is CC(C)(O)c1cccn2c(C3(c4ccc(Cl)cc4Cl)CC3)nnc12. The number of aromatic nitrogens is 3. The first-order chi connectivity index (χ1) is 11.3. The first kappa shape index (κ1) is 15.9. The molecule has 24 heavy (non-hydrogen) atoms. The van der Waals surface area contributed by atoms with E-state index in [4.69, 9.17) is 23.2 Å². The summed E-state index contributed by atoms with van der Waals surface area (Å²) in [5.41, 5.74) is 1.23. The van der Waals surface area contributed by atoms with E-state index in [1.807, 2.05) is 34.9 Å². The Kier molecular flexibility index (Phi) is 3.43. The molecule has 0 saturated heterocycles. The highest BCUT2D eigenvalue weighted by Gasteiger charge is 2.51. The number of benzene rings is 1. The van der Waals surface area contributed by atoms with Crippen molar-refractivity contribution in [2.24, 2.45) is 0 Å². The quantitative estimate of drug-likeness (QED) is 0.754.